The fourth-order valence-corrected chi connectivity index (χ4v) is 5.30. The molecule has 1 saturated heterocycles. The number of aliphatic hydroxyl groups is 6. The normalized spacial score (nSPS) is 36.5. The van der Waals surface area contributed by atoms with Gasteiger partial charge in [-0.25, -0.2) is 0 Å². The van der Waals surface area contributed by atoms with Crippen LogP contribution in [0.2, 0.25) is 0 Å². The van der Waals surface area contributed by atoms with Crippen molar-refractivity contribution in [3.63, 3.8) is 0 Å². The van der Waals surface area contributed by atoms with Gasteiger partial charge in [-0.15, -0.1) is 11.8 Å². The minimum Gasteiger partial charge on any atom is -0.462 e. The SMILES string of the molecule is [N-]=[N+]=NCCCCCCOC1OC(CO)C(O)C2=C1SC[C@]1(CC(O)[C@@H](O)[C@@H]([C@H](O)CO)O1)O2. The van der Waals surface area contributed by atoms with E-state index in [9.17, 15) is 30.6 Å². The third-order valence-electron chi connectivity index (χ3n) is 5.95. The molecule has 194 valence electrons. The largest absolute Gasteiger partial charge is 0.462 e. The van der Waals surface area contributed by atoms with E-state index in [0.29, 0.717) is 18.1 Å². The molecule has 0 aromatic heterocycles. The molecule has 0 radical (unpaired) electrons. The fraction of sp³-hybridized carbons (Fsp3) is 0.900. The fourth-order valence-electron chi connectivity index (χ4n) is 4.12. The van der Waals surface area contributed by atoms with E-state index in [2.05, 4.69) is 10.0 Å². The van der Waals surface area contributed by atoms with Crippen LogP contribution < -0.4 is 0 Å². The lowest BCUT2D eigenvalue weighted by atomic mass is 9.93. The van der Waals surface area contributed by atoms with Gasteiger partial charge in [0.15, 0.2) is 6.29 Å². The van der Waals surface area contributed by atoms with Gasteiger partial charge in [0, 0.05) is 17.9 Å². The highest BCUT2D eigenvalue weighted by molar-refractivity contribution is 8.03. The predicted octanol–water partition coefficient (Wildman–Crippen LogP) is -0.513. The Kier molecular flexibility index (Phi) is 10.2. The van der Waals surface area contributed by atoms with Crippen molar-refractivity contribution in [2.24, 2.45) is 5.11 Å². The van der Waals surface area contributed by atoms with Crippen molar-refractivity contribution in [3.05, 3.63) is 21.1 Å². The van der Waals surface area contributed by atoms with Crippen molar-refractivity contribution in [1.82, 2.24) is 0 Å². The Morgan fingerprint density at radius 3 is 2.68 bits per heavy atom. The van der Waals surface area contributed by atoms with Gasteiger partial charge in [-0.2, -0.15) is 0 Å². The molecule has 3 heterocycles. The Labute approximate surface area is 200 Å². The number of unbranched alkanes of at least 4 members (excludes halogenated alkanes) is 3. The number of azide groups is 1. The van der Waals surface area contributed by atoms with Gasteiger partial charge in [-0.1, -0.05) is 18.0 Å². The number of ether oxygens (including phenoxy) is 4. The van der Waals surface area contributed by atoms with E-state index in [1.807, 2.05) is 0 Å². The zero-order chi connectivity index (χ0) is 24.7. The Bertz CT molecular complexity index is 754. The van der Waals surface area contributed by atoms with E-state index >= 15 is 0 Å². The molecule has 34 heavy (non-hydrogen) atoms. The van der Waals surface area contributed by atoms with Gasteiger partial charge >= 0.3 is 0 Å². The lowest BCUT2D eigenvalue weighted by Crippen LogP contribution is -2.62. The summed E-state index contributed by atoms with van der Waals surface area (Å²) in [6.07, 6.45) is -5.54. The lowest BCUT2D eigenvalue weighted by Gasteiger charge is -2.50. The second-order valence-corrected chi connectivity index (χ2v) is 9.51. The highest BCUT2D eigenvalue weighted by Crippen LogP contribution is 2.47. The summed E-state index contributed by atoms with van der Waals surface area (Å²) in [5.41, 5.74) is 8.28. The average molecular weight is 508 g/mol. The minimum atomic E-state index is -1.47. The molecule has 14 heteroatoms. The molecule has 13 nitrogen and oxygen atoms in total. The Balaban J connectivity index is 1.67. The van der Waals surface area contributed by atoms with Gasteiger partial charge < -0.3 is 49.6 Å². The predicted molar refractivity (Wildman–Crippen MR) is 118 cm³/mol. The van der Waals surface area contributed by atoms with Crippen LogP contribution in [0, 0.1) is 0 Å². The van der Waals surface area contributed by atoms with Crippen molar-refractivity contribution in [2.75, 3.05) is 32.1 Å². The van der Waals surface area contributed by atoms with Crippen LogP contribution >= 0.6 is 11.8 Å². The van der Waals surface area contributed by atoms with E-state index in [4.69, 9.17) is 24.5 Å². The van der Waals surface area contributed by atoms with E-state index in [1.54, 1.807) is 0 Å². The standard InChI is InChI=1S/C20H33N3O10S/c21-23-22-5-3-1-2-4-6-30-19-18-17(15(29)13(9-25)31-19)33-20(10-34-18)7-11(26)14(28)16(32-20)12(27)8-24/h11-16,19,24-29H,1-10H2/t11?,12-,13?,14-,15?,16-,19?,20+/m1/s1. The zero-order valence-electron chi connectivity index (χ0n) is 18.7. The molecule has 4 unspecified atom stereocenters. The van der Waals surface area contributed by atoms with Crippen molar-refractivity contribution in [1.29, 1.82) is 0 Å². The maximum atomic E-state index is 10.7. The molecule has 3 aliphatic rings. The second-order valence-electron chi connectivity index (χ2n) is 8.50. The first-order valence-electron chi connectivity index (χ1n) is 11.3. The van der Waals surface area contributed by atoms with Crippen LogP contribution in [0.25, 0.3) is 10.4 Å². The van der Waals surface area contributed by atoms with Gasteiger partial charge in [0.25, 0.3) is 0 Å². The summed E-state index contributed by atoms with van der Waals surface area (Å²) in [6, 6.07) is 0. The summed E-state index contributed by atoms with van der Waals surface area (Å²) in [5, 5.41) is 63.8. The number of hydrogen-bond donors (Lipinski definition) is 6. The summed E-state index contributed by atoms with van der Waals surface area (Å²) >= 11 is 1.23. The number of thioether (sulfide) groups is 1. The molecule has 3 rings (SSSR count). The molecule has 0 aliphatic carbocycles. The molecular weight excluding hydrogens is 474 g/mol. The van der Waals surface area contributed by atoms with Gasteiger partial charge in [0.05, 0.1) is 36.6 Å². The summed E-state index contributed by atoms with van der Waals surface area (Å²) < 4.78 is 23.4. The van der Waals surface area contributed by atoms with E-state index < -0.39 is 61.9 Å². The van der Waals surface area contributed by atoms with Crippen molar-refractivity contribution in [3.8, 4) is 0 Å². The summed E-state index contributed by atoms with van der Waals surface area (Å²) in [5.74, 6) is -1.25. The molecule has 0 amide bonds. The van der Waals surface area contributed by atoms with Crippen molar-refractivity contribution < 1.29 is 49.6 Å². The maximum Gasteiger partial charge on any atom is 0.222 e. The monoisotopic (exact) mass is 507 g/mol. The molecule has 6 N–H and O–H groups in total. The molecule has 0 aromatic carbocycles. The molecular formula is C20H33N3O10S. The molecule has 0 saturated carbocycles. The maximum absolute atomic E-state index is 10.7. The van der Waals surface area contributed by atoms with Gasteiger partial charge in [-0.3, -0.25) is 0 Å². The van der Waals surface area contributed by atoms with E-state index in [1.165, 1.54) is 11.8 Å². The number of rotatable bonds is 11. The molecule has 0 bridgehead atoms. The lowest BCUT2D eigenvalue weighted by molar-refractivity contribution is -0.320. The Morgan fingerprint density at radius 2 is 1.97 bits per heavy atom. The second kappa shape index (κ2) is 12.7. The van der Waals surface area contributed by atoms with Crippen LogP contribution in [-0.2, 0) is 18.9 Å². The van der Waals surface area contributed by atoms with Gasteiger partial charge in [0.1, 0.15) is 36.3 Å². The first-order chi connectivity index (χ1) is 16.4. The van der Waals surface area contributed by atoms with Gasteiger partial charge in [0.2, 0.25) is 5.79 Å². The molecule has 1 spiro atoms. The first kappa shape index (κ1) is 27.4. The van der Waals surface area contributed by atoms with Gasteiger partial charge in [-0.05, 0) is 18.4 Å². The topological polar surface area (TPSA) is 207 Å². The summed E-state index contributed by atoms with van der Waals surface area (Å²) in [7, 11) is 0. The van der Waals surface area contributed by atoms with Crippen LogP contribution in [0.5, 0.6) is 0 Å². The average Bonchev–Trinajstić information content (AvgIpc) is 2.84. The van der Waals surface area contributed by atoms with Crippen LogP contribution in [-0.4, -0.2) is 111 Å². The number of aliphatic hydroxyl groups excluding tert-OH is 6. The third kappa shape index (κ3) is 6.33. The van der Waals surface area contributed by atoms with E-state index in [0.717, 1.165) is 25.7 Å². The number of hydrogen-bond acceptors (Lipinski definition) is 12. The van der Waals surface area contributed by atoms with E-state index in [-0.39, 0.29) is 17.9 Å². The molecule has 0 aromatic rings. The Hall–Kier alpha value is -1.16. The summed E-state index contributed by atoms with van der Waals surface area (Å²) in [6.45, 7) is -0.368. The van der Waals surface area contributed by atoms with Crippen molar-refractivity contribution >= 4 is 11.8 Å². The number of nitrogens with zero attached hydrogens (tertiary/aromatic N) is 3. The molecule has 8 atom stereocenters. The minimum absolute atomic E-state index is 0.0849. The highest BCUT2D eigenvalue weighted by Gasteiger charge is 2.54. The van der Waals surface area contributed by atoms with Crippen molar-refractivity contribution in [2.45, 2.75) is 80.8 Å². The van der Waals surface area contributed by atoms with Crippen LogP contribution in [0.3, 0.4) is 0 Å². The zero-order valence-corrected chi connectivity index (χ0v) is 19.5. The smallest absolute Gasteiger partial charge is 0.222 e. The van der Waals surface area contributed by atoms with Crippen LogP contribution in [0.1, 0.15) is 32.1 Å². The summed E-state index contributed by atoms with van der Waals surface area (Å²) in [4.78, 5) is 3.19. The molecule has 1 fully saturated rings. The highest BCUT2D eigenvalue weighted by atomic mass is 32.2. The molecule has 3 aliphatic heterocycles. The van der Waals surface area contributed by atoms with Crippen LogP contribution in [0.4, 0.5) is 0 Å². The first-order valence-corrected chi connectivity index (χ1v) is 12.3. The Morgan fingerprint density at radius 1 is 1.21 bits per heavy atom. The van der Waals surface area contributed by atoms with Crippen LogP contribution in [0.15, 0.2) is 15.8 Å². The quantitative estimate of drug-likeness (QED) is 0.0908. The third-order valence-corrected chi connectivity index (χ3v) is 7.24.